The molecule has 114 valence electrons. The van der Waals surface area contributed by atoms with Crippen LogP contribution in [0, 0.1) is 6.92 Å². The first-order valence-corrected chi connectivity index (χ1v) is 7.02. The second kappa shape index (κ2) is 5.51. The molecule has 0 aliphatic carbocycles. The second-order valence-electron chi connectivity index (χ2n) is 5.29. The van der Waals surface area contributed by atoms with E-state index < -0.39 is 0 Å². The molecule has 0 saturated carbocycles. The van der Waals surface area contributed by atoms with Crippen LogP contribution in [0.15, 0.2) is 29.2 Å². The normalized spacial score (nSPS) is 11.0. The van der Waals surface area contributed by atoms with Crippen molar-refractivity contribution in [3.63, 3.8) is 0 Å². The highest BCUT2D eigenvalue weighted by Gasteiger charge is 2.14. The van der Waals surface area contributed by atoms with Gasteiger partial charge < -0.3 is 19.9 Å². The molecule has 0 fully saturated rings. The number of nitrogens with one attached hydrogen (secondary N) is 3. The molecule has 0 aliphatic heterocycles. The van der Waals surface area contributed by atoms with Gasteiger partial charge in [0.2, 0.25) is 0 Å². The van der Waals surface area contributed by atoms with Crippen molar-refractivity contribution in [1.82, 2.24) is 24.8 Å². The first-order chi connectivity index (χ1) is 10.5. The first-order valence-electron chi connectivity index (χ1n) is 7.02. The third-order valence-electron chi connectivity index (χ3n) is 3.62. The molecule has 3 aromatic rings. The minimum atomic E-state index is -0.385. The van der Waals surface area contributed by atoms with E-state index in [0.29, 0.717) is 13.0 Å². The van der Waals surface area contributed by atoms with Crippen LogP contribution in [0.3, 0.4) is 0 Å². The molecule has 0 saturated heterocycles. The highest BCUT2D eigenvalue weighted by atomic mass is 16.2. The average Bonchev–Trinajstić information content (AvgIpc) is 3.11. The number of para-hydroxylation sites is 1. The number of hydrogen-bond donors (Lipinski definition) is 3. The number of imidazole rings is 2. The Hall–Kier alpha value is -2.83. The van der Waals surface area contributed by atoms with Crippen molar-refractivity contribution in [2.45, 2.75) is 13.3 Å². The lowest BCUT2D eigenvalue weighted by atomic mass is 10.2. The van der Waals surface area contributed by atoms with Crippen LogP contribution in [0.25, 0.3) is 11.0 Å². The predicted octanol–water partition coefficient (Wildman–Crippen LogP) is 1.20. The standard InChI is InChI=1S/C15H17N5O2/c1-9-4-3-5-10-13(9)19-12(17-10)6-7-20(2)14(21)11-8-16-15(22)18-11/h3-5,8H,6-7H2,1-2H3,(H,17,19)(H2,16,18,22). The van der Waals surface area contributed by atoms with Crippen LogP contribution in [0.1, 0.15) is 21.9 Å². The predicted molar refractivity (Wildman–Crippen MR) is 82.9 cm³/mol. The molecule has 0 bridgehead atoms. The maximum Gasteiger partial charge on any atom is 0.323 e. The van der Waals surface area contributed by atoms with Gasteiger partial charge in [0.15, 0.2) is 0 Å². The lowest BCUT2D eigenvalue weighted by Crippen LogP contribution is -2.29. The van der Waals surface area contributed by atoms with Gasteiger partial charge in [0.1, 0.15) is 11.5 Å². The third kappa shape index (κ3) is 2.65. The summed E-state index contributed by atoms with van der Waals surface area (Å²) in [5.41, 5.74) is 2.95. The van der Waals surface area contributed by atoms with Crippen molar-refractivity contribution in [2.24, 2.45) is 0 Å². The van der Waals surface area contributed by atoms with Crippen molar-refractivity contribution in [3.05, 3.63) is 52.0 Å². The summed E-state index contributed by atoms with van der Waals surface area (Å²) < 4.78 is 0. The number of aryl methyl sites for hydroxylation is 1. The molecule has 2 aromatic heterocycles. The number of carbonyl (C=O) groups excluding carboxylic acids is 1. The SMILES string of the molecule is Cc1cccc2[nH]c(CCN(C)C(=O)c3c[nH]c(=O)[nH]3)nc12. The Bertz CT molecular complexity index is 873. The molecule has 0 atom stereocenters. The second-order valence-corrected chi connectivity index (χ2v) is 5.29. The van der Waals surface area contributed by atoms with Crippen LogP contribution in [0.5, 0.6) is 0 Å². The fourth-order valence-electron chi connectivity index (χ4n) is 2.37. The molecule has 3 rings (SSSR count). The van der Waals surface area contributed by atoms with Crippen molar-refractivity contribution in [1.29, 1.82) is 0 Å². The number of hydrogen-bond acceptors (Lipinski definition) is 3. The number of aromatic amines is 3. The number of carbonyl (C=O) groups is 1. The topological polar surface area (TPSA) is 97.6 Å². The Morgan fingerprint density at radius 2 is 2.14 bits per heavy atom. The summed E-state index contributed by atoms with van der Waals surface area (Å²) >= 11 is 0. The highest BCUT2D eigenvalue weighted by molar-refractivity contribution is 5.91. The van der Waals surface area contributed by atoms with Crippen LogP contribution in [-0.2, 0) is 6.42 Å². The molecule has 0 spiro atoms. The monoisotopic (exact) mass is 299 g/mol. The Balaban J connectivity index is 1.69. The Morgan fingerprint density at radius 3 is 2.82 bits per heavy atom. The molecular weight excluding hydrogens is 282 g/mol. The Kier molecular flexibility index (Phi) is 3.54. The van der Waals surface area contributed by atoms with E-state index in [4.69, 9.17) is 0 Å². The molecule has 22 heavy (non-hydrogen) atoms. The van der Waals surface area contributed by atoms with E-state index in [1.807, 2.05) is 25.1 Å². The molecule has 3 N–H and O–H groups in total. The van der Waals surface area contributed by atoms with Gasteiger partial charge in [-0.15, -0.1) is 0 Å². The van der Waals surface area contributed by atoms with Crippen molar-refractivity contribution in [2.75, 3.05) is 13.6 Å². The van der Waals surface area contributed by atoms with E-state index in [9.17, 15) is 9.59 Å². The van der Waals surface area contributed by atoms with Gasteiger partial charge in [0, 0.05) is 26.2 Å². The summed E-state index contributed by atoms with van der Waals surface area (Å²) in [4.78, 5) is 37.4. The van der Waals surface area contributed by atoms with Gasteiger partial charge in [0.05, 0.1) is 11.0 Å². The van der Waals surface area contributed by atoms with Gasteiger partial charge in [-0.05, 0) is 18.6 Å². The lowest BCUT2D eigenvalue weighted by molar-refractivity contribution is 0.0791. The Morgan fingerprint density at radius 1 is 1.32 bits per heavy atom. The summed E-state index contributed by atoms with van der Waals surface area (Å²) in [6.07, 6.45) is 2.00. The van der Waals surface area contributed by atoms with Gasteiger partial charge in [-0.3, -0.25) is 4.79 Å². The summed E-state index contributed by atoms with van der Waals surface area (Å²) in [6.45, 7) is 2.52. The van der Waals surface area contributed by atoms with Crippen LogP contribution < -0.4 is 5.69 Å². The van der Waals surface area contributed by atoms with Gasteiger partial charge in [-0.2, -0.15) is 0 Å². The number of H-pyrrole nitrogens is 3. The van der Waals surface area contributed by atoms with E-state index >= 15 is 0 Å². The van der Waals surface area contributed by atoms with Gasteiger partial charge >= 0.3 is 5.69 Å². The number of rotatable bonds is 4. The summed E-state index contributed by atoms with van der Waals surface area (Å²) in [5.74, 6) is 0.608. The van der Waals surface area contributed by atoms with E-state index in [2.05, 4.69) is 19.9 Å². The zero-order valence-corrected chi connectivity index (χ0v) is 12.4. The number of nitrogens with zero attached hydrogens (tertiary/aromatic N) is 2. The third-order valence-corrected chi connectivity index (χ3v) is 3.62. The molecule has 0 aliphatic rings. The van der Waals surface area contributed by atoms with E-state index in [1.54, 1.807) is 11.9 Å². The molecule has 1 aromatic carbocycles. The minimum absolute atomic E-state index is 0.231. The summed E-state index contributed by atoms with van der Waals surface area (Å²) in [7, 11) is 1.70. The van der Waals surface area contributed by atoms with Crippen LogP contribution in [-0.4, -0.2) is 44.3 Å². The maximum atomic E-state index is 12.1. The Labute approximate surface area is 126 Å². The summed E-state index contributed by atoms with van der Waals surface area (Å²) in [6, 6.07) is 5.99. The molecule has 0 radical (unpaired) electrons. The molecule has 7 heteroatoms. The fourth-order valence-corrected chi connectivity index (χ4v) is 2.37. The average molecular weight is 299 g/mol. The summed E-state index contributed by atoms with van der Waals surface area (Å²) in [5, 5.41) is 0. The van der Waals surface area contributed by atoms with E-state index in [1.165, 1.54) is 6.20 Å². The van der Waals surface area contributed by atoms with Crippen molar-refractivity contribution in [3.8, 4) is 0 Å². The largest absolute Gasteiger partial charge is 0.342 e. The van der Waals surface area contributed by atoms with Crippen LogP contribution in [0.4, 0.5) is 0 Å². The molecule has 7 nitrogen and oxygen atoms in total. The number of likely N-dealkylation sites (N-methyl/N-ethyl adjacent to an activating group) is 1. The number of amides is 1. The van der Waals surface area contributed by atoms with Gasteiger partial charge in [-0.25, -0.2) is 9.78 Å². The van der Waals surface area contributed by atoms with E-state index in [-0.39, 0.29) is 17.3 Å². The number of benzene rings is 1. The molecule has 2 heterocycles. The highest BCUT2D eigenvalue weighted by Crippen LogP contribution is 2.15. The van der Waals surface area contributed by atoms with Crippen LogP contribution in [0.2, 0.25) is 0 Å². The smallest absolute Gasteiger partial charge is 0.323 e. The molecule has 1 amide bonds. The van der Waals surface area contributed by atoms with Crippen molar-refractivity contribution < 1.29 is 4.79 Å². The fraction of sp³-hybridized carbons (Fsp3) is 0.267. The molecular formula is C15H17N5O2. The number of aromatic nitrogens is 4. The zero-order chi connectivity index (χ0) is 15.7. The number of fused-ring (bicyclic) bond motifs is 1. The van der Waals surface area contributed by atoms with Crippen molar-refractivity contribution >= 4 is 16.9 Å². The minimum Gasteiger partial charge on any atom is -0.342 e. The zero-order valence-electron chi connectivity index (χ0n) is 12.4. The van der Waals surface area contributed by atoms with Crippen LogP contribution >= 0.6 is 0 Å². The van der Waals surface area contributed by atoms with Gasteiger partial charge in [0.25, 0.3) is 5.91 Å². The lowest BCUT2D eigenvalue weighted by Gasteiger charge is -2.14. The van der Waals surface area contributed by atoms with E-state index in [0.717, 1.165) is 22.4 Å². The molecule has 0 unspecified atom stereocenters. The maximum absolute atomic E-state index is 12.1. The first kappa shape index (κ1) is 14.1. The quantitative estimate of drug-likeness (QED) is 0.675. The van der Waals surface area contributed by atoms with Gasteiger partial charge in [-0.1, -0.05) is 12.1 Å².